The minimum atomic E-state index is -0.651. The smallest absolute Gasteiger partial charge is 0.266 e. The largest absolute Gasteiger partial charge is 0.481 e. The minimum Gasteiger partial charge on any atom is -0.481 e. The van der Waals surface area contributed by atoms with Crippen molar-refractivity contribution in [3.8, 4) is 17.0 Å². The summed E-state index contributed by atoms with van der Waals surface area (Å²) in [5.74, 6) is 0.390. The first-order chi connectivity index (χ1) is 12.4. The van der Waals surface area contributed by atoms with Crippen LogP contribution in [-0.2, 0) is 4.79 Å². The van der Waals surface area contributed by atoms with Crippen molar-refractivity contribution in [1.29, 1.82) is 0 Å². The number of hydrogen-bond donors (Lipinski definition) is 1. The number of anilines is 1. The molecule has 0 aliphatic heterocycles. The van der Waals surface area contributed by atoms with Crippen molar-refractivity contribution in [2.75, 3.05) is 5.32 Å². The Bertz CT molecular complexity index is 922. The van der Waals surface area contributed by atoms with Crippen LogP contribution in [0.1, 0.15) is 18.1 Å². The predicted molar refractivity (Wildman–Crippen MR) is 107 cm³/mol. The van der Waals surface area contributed by atoms with E-state index in [1.807, 2.05) is 43.5 Å². The van der Waals surface area contributed by atoms with Crippen molar-refractivity contribution in [3.63, 3.8) is 0 Å². The second-order valence-electron chi connectivity index (χ2n) is 6.06. The number of amides is 1. The van der Waals surface area contributed by atoms with Crippen molar-refractivity contribution in [2.24, 2.45) is 0 Å². The average molecular weight is 387 g/mol. The van der Waals surface area contributed by atoms with Gasteiger partial charge in [0.25, 0.3) is 5.91 Å². The van der Waals surface area contributed by atoms with Gasteiger partial charge in [-0.15, -0.1) is 11.3 Å². The lowest BCUT2D eigenvalue weighted by Gasteiger charge is -2.15. The van der Waals surface area contributed by atoms with Gasteiger partial charge < -0.3 is 4.74 Å². The number of aromatic nitrogens is 1. The van der Waals surface area contributed by atoms with Gasteiger partial charge in [0.05, 0.1) is 5.69 Å². The number of ether oxygens (including phenoxy) is 1. The maximum atomic E-state index is 12.4. The molecule has 1 unspecified atom stereocenters. The van der Waals surface area contributed by atoms with E-state index in [-0.39, 0.29) is 5.91 Å². The fourth-order valence-corrected chi connectivity index (χ4v) is 3.33. The maximum Gasteiger partial charge on any atom is 0.266 e. The second kappa shape index (κ2) is 7.89. The van der Waals surface area contributed by atoms with Gasteiger partial charge in [-0.2, -0.15) is 0 Å². The van der Waals surface area contributed by atoms with Crippen molar-refractivity contribution in [3.05, 3.63) is 64.0 Å². The van der Waals surface area contributed by atoms with E-state index in [4.69, 9.17) is 16.3 Å². The summed E-state index contributed by atoms with van der Waals surface area (Å²) in [5.41, 5.74) is 3.94. The molecule has 6 heteroatoms. The van der Waals surface area contributed by atoms with E-state index < -0.39 is 6.10 Å². The van der Waals surface area contributed by atoms with Gasteiger partial charge >= 0.3 is 0 Å². The van der Waals surface area contributed by atoms with Gasteiger partial charge in [-0.05, 0) is 44.5 Å². The average Bonchev–Trinajstić information content (AvgIpc) is 3.06. The monoisotopic (exact) mass is 386 g/mol. The summed E-state index contributed by atoms with van der Waals surface area (Å²) in [7, 11) is 0. The minimum absolute atomic E-state index is 0.246. The van der Waals surface area contributed by atoms with Gasteiger partial charge in [-0.25, -0.2) is 4.98 Å². The fraction of sp³-hybridized carbons (Fsp3) is 0.200. The molecule has 0 bridgehead atoms. The topological polar surface area (TPSA) is 51.2 Å². The molecule has 3 rings (SSSR count). The molecule has 4 nitrogen and oxygen atoms in total. The van der Waals surface area contributed by atoms with Gasteiger partial charge in [-0.1, -0.05) is 41.4 Å². The molecule has 1 heterocycles. The number of thiazole rings is 1. The lowest BCUT2D eigenvalue weighted by atomic mass is 10.1. The number of aryl methyl sites for hydroxylation is 2. The molecule has 0 radical (unpaired) electrons. The quantitative estimate of drug-likeness (QED) is 0.631. The van der Waals surface area contributed by atoms with E-state index in [0.717, 1.165) is 16.8 Å². The first-order valence-electron chi connectivity index (χ1n) is 8.18. The number of rotatable bonds is 5. The highest BCUT2D eigenvalue weighted by molar-refractivity contribution is 7.14. The van der Waals surface area contributed by atoms with Gasteiger partial charge in [0, 0.05) is 16.0 Å². The molecular formula is C20H19ClN2O2S. The molecule has 0 aliphatic rings. The van der Waals surface area contributed by atoms with Crippen LogP contribution in [0.15, 0.2) is 47.8 Å². The van der Waals surface area contributed by atoms with Gasteiger partial charge in [0.15, 0.2) is 11.2 Å². The Morgan fingerprint density at radius 1 is 1.19 bits per heavy atom. The van der Waals surface area contributed by atoms with Gasteiger partial charge in [-0.3, -0.25) is 10.1 Å². The van der Waals surface area contributed by atoms with E-state index in [0.29, 0.717) is 15.9 Å². The Kier molecular flexibility index (Phi) is 5.59. The molecule has 3 aromatic rings. The van der Waals surface area contributed by atoms with E-state index >= 15 is 0 Å². The number of nitrogens with one attached hydrogen (secondary N) is 1. The van der Waals surface area contributed by atoms with Crippen LogP contribution in [0.4, 0.5) is 5.13 Å². The second-order valence-corrected chi connectivity index (χ2v) is 7.36. The van der Waals surface area contributed by atoms with Crippen LogP contribution in [0.5, 0.6) is 5.75 Å². The number of benzene rings is 2. The number of nitrogens with zero attached hydrogens (tertiary/aromatic N) is 1. The van der Waals surface area contributed by atoms with Crippen LogP contribution in [0.3, 0.4) is 0 Å². The molecule has 0 spiro atoms. The number of hydrogen-bond acceptors (Lipinski definition) is 4. The van der Waals surface area contributed by atoms with Crippen LogP contribution in [0.25, 0.3) is 11.3 Å². The molecular weight excluding hydrogens is 368 g/mol. The zero-order chi connectivity index (χ0) is 18.7. The third-order valence-corrected chi connectivity index (χ3v) is 4.88. The zero-order valence-electron chi connectivity index (χ0n) is 14.7. The van der Waals surface area contributed by atoms with E-state index in [9.17, 15) is 4.79 Å². The molecule has 26 heavy (non-hydrogen) atoms. The van der Waals surface area contributed by atoms with Crippen molar-refractivity contribution >= 4 is 34.0 Å². The van der Waals surface area contributed by atoms with Crippen LogP contribution in [-0.4, -0.2) is 17.0 Å². The van der Waals surface area contributed by atoms with E-state index in [1.54, 1.807) is 25.1 Å². The first-order valence-corrected chi connectivity index (χ1v) is 9.44. The third kappa shape index (κ3) is 4.42. The maximum absolute atomic E-state index is 12.4. The number of carbonyl (C=O) groups is 1. The summed E-state index contributed by atoms with van der Waals surface area (Å²) in [6.07, 6.45) is -0.651. The van der Waals surface area contributed by atoms with Crippen LogP contribution in [0, 0.1) is 13.8 Å². The molecule has 2 aromatic carbocycles. The highest BCUT2D eigenvalue weighted by Gasteiger charge is 2.17. The SMILES string of the molecule is Cc1ccc(-c2csc(NC(=O)C(C)Oc3ccc(Cl)cc3C)n2)cc1. The Morgan fingerprint density at radius 3 is 2.62 bits per heavy atom. The van der Waals surface area contributed by atoms with E-state index in [2.05, 4.69) is 10.3 Å². The summed E-state index contributed by atoms with van der Waals surface area (Å²) in [6.45, 7) is 5.64. The normalized spacial score (nSPS) is 11.8. The molecule has 0 saturated carbocycles. The van der Waals surface area contributed by atoms with E-state index in [1.165, 1.54) is 16.9 Å². The Hall–Kier alpha value is -2.37. The highest BCUT2D eigenvalue weighted by atomic mass is 35.5. The zero-order valence-corrected chi connectivity index (χ0v) is 16.3. The lowest BCUT2D eigenvalue weighted by Crippen LogP contribution is -2.30. The molecule has 0 fully saturated rings. The Balaban J connectivity index is 1.65. The predicted octanol–water partition coefficient (Wildman–Crippen LogP) is 5.49. The standard InChI is InChI=1S/C20H19ClN2O2S/c1-12-4-6-15(7-5-12)17-11-26-20(22-17)23-19(24)14(3)25-18-9-8-16(21)10-13(18)2/h4-11,14H,1-3H3,(H,22,23,24). The lowest BCUT2D eigenvalue weighted by molar-refractivity contribution is -0.122. The Labute approximate surface area is 161 Å². The highest BCUT2D eigenvalue weighted by Crippen LogP contribution is 2.26. The molecule has 134 valence electrons. The van der Waals surface area contributed by atoms with Crippen LogP contribution >= 0.6 is 22.9 Å². The molecule has 1 atom stereocenters. The molecule has 1 amide bonds. The summed E-state index contributed by atoms with van der Waals surface area (Å²) >= 11 is 7.33. The summed E-state index contributed by atoms with van der Waals surface area (Å²) in [4.78, 5) is 16.9. The molecule has 1 aromatic heterocycles. The summed E-state index contributed by atoms with van der Waals surface area (Å²) in [5, 5.41) is 5.92. The molecule has 0 saturated heterocycles. The number of carbonyl (C=O) groups excluding carboxylic acids is 1. The first kappa shape index (κ1) is 18.4. The summed E-state index contributed by atoms with van der Waals surface area (Å²) in [6, 6.07) is 13.4. The van der Waals surface area contributed by atoms with Crippen molar-refractivity contribution in [2.45, 2.75) is 26.9 Å². The third-order valence-electron chi connectivity index (χ3n) is 3.89. The molecule has 1 N–H and O–H groups in total. The van der Waals surface area contributed by atoms with Crippen LogP contribution in [0.2, 0.25) is 5.02 Å². The molecule has 0 aliphatic carbocycles. The fourth-order valence-electron chi connectivity index (χ4n) is 2.38. The van der Waals surface area contributed by atoms with Crippen molar-refractivity contribution < 1.29 is 9.53 Å². The number of halogens is 1. The van der Waals surface area contributed by atoms with Crippen LogP contribution < -0.4 is 10.1 Å². The summed E-state index contributed by atoms with van der Waals surface area (Å²) < 4.78 is 5.74. The van der Waals surface area contributed by atoms with Crippen molar-refractivity contribution in [1.82, 2.24) is 4.98 Å². The van der Waals surface area contributed by atoms with Gasteiger partial charge in [0.2, 0.25) is 0 Å². The van der Waals surface area contributed by atoms with Gasteiger partial charge in [0.1, 0.15) is 5.75 Å². The Morgan fingerprint density at radius 2 is 1.92 bits per heavy atom.